The summed E-state index contributed by atoms with van der Waals surface area (Å²) in [6.07, 6.45) is 5.69. The van der Waals surface area contributed by atoms with Crippen LogP contribution in [0.1, 0.15) is 38.5 Å². The number of ether oxygens (including phenoxy) is 1. The van der Waals surface area contributed by atoms with Crippen LogP contribution < -0.4 is 11.1 Å². The Bertz CT molecular complexity index is 308. The van der Waals surface area contributed by atoms with Crippen molar-refractivity contribution in [3.63, 3.8) is 0 Å². The monoisotopic (exact) mass is 270 g/mol. The molecule has 0 aromatic carbocycles. The van der Waals surface area contributed by atoms with Gasteiger partial charge in [-0.15, -0.1) is 0 Å². The van der Waals surface area contributed by atoms with E-state index in [-0.39, 0.29) is 17.9 Å². The van der Waals surface area contributed by atoms with Gasteiger partial charge in [-0.25, -0.2) is 0 Å². The van der Waals surface area contributed by atoms with Crippen molar-refractivity contribution in [2.24, 2.45) is 16.6 Å². The normalized spacial score (nSPS) is 25.2. The van der Waals surface area contributed by atoms with Crippen LogP contribution in [0.3, 0.4) is 0 Å². The van der Waals surface area contributed by atoms with Crippen LogP contribution in [0.25, 0.3) is 0 Å². The summed E-state index contributed by atoms with van der Waals surface area (Å²) < 4.78 is 5.32. The van der Waals surface area contributed by atoms with E-state index < -0.39 is 5.41 Å². The average Bonchev–Trinajstić information content (AvgIpc) is 2.95. The van der Waals surface area contributed by atoms with E-state index in [9.17, 15) is 9.90 Å². The minimum Gasteiger partial charge on any atom is -0.396 e. The molecule has 0 aromatic heterocycles. The molecule has 1 amide bonds. The maximum Gasteiger partial charge on any atom is 0.227 e. The van der Waals surface area contributed by atoms with Gasteiger partial charge in [-0.05, 0) is 25.7 Å². The van der Waals surface area contributed by atoms with Gasteiger partial charge in [0.05, 0.1) is 12.0 Å². The number of hydrogen-bond acceptors (Lipinski definition) is 4. The Kier molecular flexibility index (Phi) is 4.81. The van der Waals surface area contributed by atoms with Crippen LogP contribution in [0.4, 0.5) is 0 Å². The van der Waals surface area contributed by atoms with Gasteiger partial charge in [-0.2, -0.15) is 0 Å². The van der Waals surface area contributed by atoms with Crippen molar-refractivity contribution in [2.45, 2.75) is 38.5 Å². The zero-order chi connectivity index (χ0) is 13.8. The smallest absolute Gasteiger partial charge is 0.227 e. The summed E-state index contributed by atoms with van der Waals surface area (Å²) in [5.41, 5.74) is 5.26. The van der Waals surface area contributed by atoms with Gasteiger partial charge in [0.1, 0.15) is 0 Å². The van der Waals surface area contributed by atoms with E-state index in [0.29, 0.717) is 39.1 Å². The molecule has 1 aliphatic carbocycles. The van der Waals surface area contributed by atoms with E-state index in [0.717, 1.165) is 25.7 Å². The first-order valence-electron chi connectivity index (χ1n) is 7.33. The molecule has 0 unspecified atom stereocenters. The van der Waals surface area contributed by atoms with Crippen LogP contribution in [0.5, 0.6) is 0 Å². The third-order valence-electron chi connectivity index (χ3n) is 4.95. The molecule has 0 radical (unpaired) electrons. The summed E-state index contributed by atoms with van der Waals surface area (Å²) in [7, 11) is 0. The molecule has 0 aromatic rings. The fourth-order valence-electron chi connectivity index (χ4n) is 3.26. The molecule has 110 valence electrons. The molecule has 1 saturated carbocycles. The first-order valence-corrected chi connectivity index (χ1v) is 7.33. The maximum atomic E-state index is 12.4. The zero-order valence-corrected chi connectivity index (χ0v) is 11.6. The number of rotatable bonds is 5. The molecule has 5 heteroatoms. The highest BCUT2D eigenvalue weighted by molar-refractivity contribution is 5.83. The third-order valence-corrected chi connectivity index (χ3v) is 4.95. The first kappa shape index (κ1) is 14.8. The first-order chi connectivity index (χ1) is 9.16. The Hall–Kier alpha value is -0.650. The lowest BCUT2D eigenvalue weighted by atomic mass is 9.78. The Morgan fingerprint density at radius 3 is 2.37 bits per heavy atom. The molecule has 1 saturated heterocycles. The van der Waals surface area contributed by atoms with E-state index in [4.69, 9.17) is 10.5 Å². The lowest BCUT2D eigenvalue weighted by Crippen LogP contribution is -2.51. The number of nitrogens with two attached hydrogens (primary N) is 1. The van der Waals surface area contributed by atoms with Crippen LogP contribution in [-0.4, -0.2) is 43.9 Å². The van der Waals surface area contributed by atoms with Crippen molar-refractivity contribution in [1.29, 1.82) is 0 Å². The lowest BCUT2D eigenvalue weighted by molar-refractivity contribution is -0.136. The number of aliphatic hydroxyl groups excluding tert-OH is 1. The highest BCUT2D eigenvalue weighted by Crippen LogP contribution is 2.37. The number of nitrogens with one attached hydrogen (secondary N) is 1. The quantitative estimate of drug-likeness (QED) is 0.675. The fraction of sp³-hybridized carbons (Fsp3) is 0.929. The van der Waals surface area contributed by atoms with E-state index in [1.165, 1.54) is 0 Å². The van der Waals surface area contributed by atoms with E-state index in [2.05, 4.69) is 5.32 Å². The van der Waals surface area contributed by atoms with Crippen molar-refractivity contribution in [1.82, 2.24) is 5.32 Å². The van der Waals surface area contributed by atoms with Crippen LogP contribution in [-0.2, 0) is 9.53 Å². The molecule has 1 aliphatic heterocycles. The van der Waals surface area contributed by atoms with Gasteiger partial charge >= 0.3 is 0 Å². The SMILES string of the molecule is NCC1(C(=O)NCC2(CO)CCCC2)CCOCC1. The minimum atomic E-state index is -0.465. The van der Waals surface area contributed by atoms with E-state index in [1.54, 1.807) is 0 Å². The molecule has 19 heavy (non-hydrogen) atoms. The second-order valence-corrected chi connectivity index (χ2v) is 6.14. The highest BCUT2D eigenvalue weighted by Gasteiger charge is 2.40. The van der Waals surface area contributed by atoms with Crippen molar-refractivity contribution < 1.29 is 14.6 Å². The second-order valence-electron chi connectivity index (χ2n) is 6.14. The Labute approximate surface area is 114 Å². The van der Waals surface area contributed by atoms with Crippen molar-refractivity contribution >= 4 is 5.91 Å². The van der Waals surface area contributed by atoms with Crippen molar-refractivity contribution in [3.8, 4) is 0 Å². The largest absolute Gasteiger partial charge is 0.396 e. The summed E-state index contributed by atoms with van der Waals surface area (Å²) >= 11 is 0. The zero-order valence-electron chi connectivity index (χ0n) is 11.6. The van der Waals surface area contributed by atoms with Gasteiger partial charge in [0.25, 0.3) is 0 Å². The molecule has 0 spiro atoms. The number of carbonyl (C=O) groups excluding carboxylic acids is 1. The number of carbonyl (C=O) groups is 1. The Balaban J connectivity index is 1.92. The van der Waals surface area contributed by atoms with Gasteiger partial charge in [0, 0.05) is 31.7 Å². The molecule has 0 atom stereocenters. The van der Waals surface area contributed by atoms with E-state index in [1.807, 2.05) is 0 Å². The Morgan fingerprint density at radius 1 is 1.21 bits per heavy atom. The number of aliphatic hydroxyl groups is 1. The average molecular weight is 270 g/mol. The van der Waals surface area contributed by atoms with Gasteiger partial charge in [0.2, 0.25) is 5.91 Å². The maximum absolute atomic E-state index is 12.4. The summed E-state index contributed by atoms with van der Waals surface area (Å²) in [6, 6.07) is 0. The van der Waals surface area contributed by atoms with Crippen LogP contribution >= 0.6 is 0 Å². The Morgan fingerprint density at radius 2 is 1.84 bits per heavy atom. The summed E-state index contributed by atoms with van der Waals surface area (Å²) in [6.45, 7) is 2.32. The fourth-order valence-corrected chi connectivity index (χ4v) is 3.26. The molecule has 0 bridgehead atoms. The third kappa shape index (κ3) is 3.09. The molecular formula is C14H26N2O3. The van der Waals surface area contributed by atoms with Crippen LogP contribution in [0, 0.1) is 10.8 Å². The molecular weight excluding hydrogens is 244 g/mol. The summed E-state index contributed by atoms with van der Waals surface area (Å²) in [5, 5.41) is 12.6. The predicted molar refractivity (Wildman–Crippen MR) is 72.5 cm³/mol. The predicted octanol–water partition coefficient (Wildman–Crippen LogP) is 0.411. The van der Waals surface area contributed by atoms with E-state index >= 15 is 0 Å². The van der Waals surface area contributed by atoms with Gasteiger partial charge < -0.3 is 20.9 Å². The van der Waals surface area contributed by atoms with Gasteiger partial charge in [-0.3, -0.25) is 4.79 Å². The molecule has 2 fully saturated rings. The van der Waals surface area contributed by atoms with Crippen LogP contribution in [0.2, 0.25) is 0 Å². The number of amides is 1. The van der Waals surface area contributed by atoms with Crippen molar-refractivity contribution in [3.05, 3.63) is 0 Å². The van der Waals surface area contributed by atoms with Crippen molar-refractivity contribution in [2.75, 3.05) is 32.9 Å². The molecule has 5 nitrogen and oxygen atoms in total. The topological polar surface area (TPSA) is 84.6 Å². The second kappa shape index (κ2) is 6.20. The minimum absolute atomic E-state index is 0.0398. The van der Waals surface area contributed by atoms with Gasteiger partial charge in [-0.1, -0.05) is 12.8 Å². The molecule has 4 N–H and O–H groups in total. The molecule has 2 rings (SSSR count). The summed E-state index contributed by atoms with van der Waals surface area (Å²) in [5.74, 6) is 0.0398. The summed E-state index contributed by atoms with van der Waals surface area (Å²) in [4.78, 5) is 12.4. The highest BCUT2D eigenvalue weighted by atomic mass is 16.5. The van der Waals surface area contributed by atoms with Gasteiger partial charge in [0.15, 0.2) is 0 Å². The molecule has 1 heterocycles. The number of hydrogen-bond donors (Lipinski definition) is 3. The molecule has 2 aliphatic rings. The lowest BCUT2D eigenvalue weighted by Gasteiger charge is -2.36. The van der Waals surface area contributed by atoms with Crippen LogP contribution in [0.15, 0.2) is 0 Å². The standard InChI is InChI=1S/C14H26N2O3/c15-9-14(5-7-19-8-6-14)12(18)16-10-13(11-17)3-1-2-4-13/h17H,1-11,15H2,(H,16,18).